The molecule has 1 aromatic rings. The van der Waals surface area contributed by atoms with Gasteiger partial charge in [-0.2, -0.15) is 0 Å². The first-order chi connectivity index (χ1) is 12.6. The molecule has 2 heterocycles. The third-order valence-electron chi connectivity index (χ3n) is 5.40. The summed E-state index contributed by atoms with van der Waals surface area (Å²) in [5, 5.41) is 10.2. The van der Waals surface area contributed by atoms with Crippen molar-refractivity contribution in [3.8, 4) is 5.75 Å². The lowest BCUT2D eigenvalue weighted by atomic mass is 9.88. The van der Waals surface area contributed by atoms with Gasteiger partial charge < -0.3 is 24.1 Å². The van der Waals surface area contributed by atoms with Crippen molar-refractivity contribution >= 4 is 0 Å². The molecular weight excluding hydrogens is 332 g/mol. The number of ether oxygens (including phenoxy) is 4. The Kier molecular flexibility index (Phi) is 7.32. The minimum Gasteiger partial charge on any atom is -0.497 e. The fourth-order valence-electron chi connectivity index (χ4n) is 3.58. The molecule has 1 aromatic carbocycles. The van der Waals surface area contributed by atoms with E-state index in [2.05, 4.69) is 6.92 Å². The van der Waals surface area contributed by atoms with Gasteiger partial charge in [0.25, 0.3) is 0 Å². The highest BCUT2D eigenvalue weighted by molar-refractivity contribution is 5.26. The van der Waals surface area contributed by atoms with Crippen LogP contribution in [-0.4, -0.2) is 49.8 Å². The molecule has 0 radical (unpaired) electrons. The summed E-state index contributed by atoms with van der Waals surface area (Å²) in [6.45, 7) is 4.32. The van der Waals surface area contributed by atoms with Crippen LogP contribution in [0, 0.1) is 5.92 Å². The van der Waals surface area contributed by atoms with Gasteiger partial charge in [-0.3, -0.25) is 0 Å². The molecule has 2 fully saturated rings. The maximum absolute atomic E-state index is 10.2. The first-order valence-corrected chi connectivity index (χ1v) is 9.80. The predicted octanol–water partition coefficient (Wildman–Crippen LogP) is 3.33. The van der Waals surface area contributed by atoms with E-state index in [1.54, 1.807) is 7.11 Å². The molecule has 0 unspecified atom stereocenters. The molecule has 5 heteroatoms. The van der Waals surface area contributed by atoms with E-state index in [-0.39, 0.29) is 24.4 Å². The minimum absolute atomic E-state index is 0.143. The second-order valence-electron chi connectivity index (χ2n) is 7.62. The Morgan fingerprint density at radius 3 is 2.62 bits per heavy atom. The molecule has 0 aliphatic carbocycles. The molecule has 0 saturated carbocycles. The van der Waals surface area contributed by atoms with E-state index in [4.69, 9.17) is 18.9 Å². The van der Waals surface area contributed by atoms with Gasteiger partial charge in [-0.25, -0.2) is 0 Å². The summed E-state index contributed by atoms with van der Waals surface area (Å²) in [7, 11) is 1.67. The Bertz CT molecular complexity index is 528. The van der Waals surface area contributed by atoms with Gasteiger partial charge in [0.05, 0.1) is 44.7 Å². The van der Waals surface area contributed by atoms with Crippen LogP contribution in [0.15, 0.2) is 24.3 Å². The summed E-state index contributed by atoms with van der Waals surface area (Å²) in [4.78, 5) is 0. The highest BCUT2D eigenvalue weighted by atomic mass is 16.6. The number of methoxy groups -OCH3 is 1. The largest absolute Gasteiger partial charge is 0.497 e. The summed E-state index contributed by atoms with van der Waals surface area (Å²) < 4.78 is 22.4. The number of aliphatic hydroxyl groups is 1. The van der Waals surface area contributed by atoms with Crippen LogP contribution >= 0.6 is 0 Å². The Hall–Kier alpha value is -1.14. The van der Waals surface area contributed by atoms with E-state index >= 15 is 0 Å². The SMILES string of the molecule is COc1ccc(COCC[C@@H]2CC[C@H](C)[C@@H](C[C@@H](O)C[C@@H]3CO3)O2)cc1. The van der Waals surface area contributed by atoms with Gasteiger partial charge in [0.15, 0.2) is 0 Å². The normalized spacial score (nSPS) is 29.3. The van der Waals surface area contributed by atoms with E-state index < -0.39 is 0 Å². The fourth-order valence-corrected chi connectivity index (χ4v) is 3.58. The van der Waals surface area contributed by atoms with Crippen LogP contribution < -0.4 is 4.74 Å². The third-order valence-corrected chi connectivity index (χ3v) is 5.40. The van der Waals surface area contributed by atoms with Gasteiger partial charge in [0.2, 0.25) is 0 Å². The molecule has 2 aliphatic rings. The van der Waals surface area contributed by atoms with E-state index in [0.29, 0.717) is 25.6 Å². The van der Waals surface area contributed by atoms with Crippen molar-refractivity contribution in [1.82, 2.24) is 0 Å². The average molecular weight is 364 g/mol. The van der Waals surface area contributed by atoms with Crippen molar-refractivity contribution in [3.63, 3.8) is 0 Å². The van der Waals surface area contributed by atoms with Crippen LogP contribution in [0.5, 0.6) is 5.75 Å². The van der Waals surface area contributed by atoms with Gasteiger partial charge >= 0.3 is 0 Å². The third kappa shape index (κ3) is 6.23. The summed E-state index contributed by atoms with van der Waals surface area (Å²) >= 11 is 0. The zero-order chi connectivity index (χ0) is 18.4. The molecule has 2 saturated heterocycles. The Labute approximate surface area is 156 Å². The smallest absolute Gasteiger partial charge is 0.118 e. The van der Waals surface area contributed by atoms with Crippen molar-refractivity contribution in [2.45, 2.75) is 70.1 Å². The zero-order valence-electron chi connectivity index (χ0n) is 15.9. The van der Waals surface area contributed by atoms with Crippen LogP contribution in [0.3, 0.4) is 0 Å². The Morgan fingerprint density at radius 1 is 1.15 bits per heavy atom. The number of hydrogen-bond acceptors (Lipinski definition) is 5. The lowest BCUT2D eigenvalue weighted by Crippen LogP contribution is -2.37. The van der Waals surface area contributed by atoms with Crippen LogP contribution in [0.25, 0.3) is 0 Å². The molecule has 0 aromatic heterocycles. The minimum atomic E-state index is -0.319. The van der Waals surface area contributed by atoms with Crippen molar-refractivity contribution in [2.24, 2.45) is 5.92 Å². The lowest BCUT2D eigenvalue weighted by molar-refractivity contribution is -0.105. The molecule has 0 spiro atoms. The second-order valence-corrected chi connectivity index (χ2v) is 7.62. The van der Waals surface area contributed by atoms with Gasteiger partial charge in [-0.1, -0.05) is 19.1 Å². The standard InChI is InChI=1S/C21H32O5/c1-15-3-6-19(26-21(15)12-17(22)11-20-14-25-20)9-10-24-13-16-4-7-18(23-2)8-5-16/h4-5,7-8,15,17,19-22H,3,6,9-14H2,1-2H3/t15-,17-,19-,20+,21+/m0/s1. The summed E-state index contributed by atoms with van der Waals surface area (Å²) in [6, 6.07) is 7.96. The number of rotatable bonds is 10. The maximum Gasteiger partial charge on any atom is 0.118 e. The highest BCUT2D eigenvalue weighted by Crippen LogP contribution is 2.30. The molecule has 26 heavy (non-hydrogen) atoms. The molecule has 146 valence electrons. The van der Waals surface area contributed by atoms with Crippen molar-refractivity contribution in [2.75, 3.05) is 20.3 Å². The van der Waals surface area contributed by atoms with Gasteiger partial charge in [-0.05, 0) is 49.3 Å². The lowest BCUT2D eigenvalue weighted by Gasteiger charge is -2.36. The Balaban J connectivity index is 1.34. The van der Waals surface area contributed by atoms with Crippen LogP contribution in [-0.2, 0) is 20.8 Å². The average Bonchev–Trinajstić information content (AvgIpc) is 3.45. The molecule has 5 nitrogen and oxygen atoms in total. The van der Waals surface area contributed by atoms with Crippen molar-refractivity contribution in [3.05, 3.63) is 29.8 Å². The summed E-state index contributed by atoms with van der Waals surface area (Å²) in [5.74, 6) is 1.36. The first-order valence-electron chi connectivity index (χ1n) is 9.80. The molecule has 0 amide bonds. The zero-order valence-corrected chi connectivity index (χ0v) is 15.9. The molecule has 3 rings (SSSR count). The second kappa shape index (κ2) is 9.70. The molecular formula is C21H32O5. The topological polar surface area (TPSA) is 60.5 Å². The number of benzene rings is 1. The van der Waals surface area contributed by atoms with Crippen molar-refractivity contribution in [1.29, 1.82) is 0 Å². The van der Waals surface area contributed by atoms with Crippen molar-refractivity contribution < 1.29 is 24.1 Å². The van der Waals surface area contributed by atoms with Gasteiger partial charge in [-0.15, -0.1) is 0 Å². The first kappa shape index (κ1) is 19.6. The molecule has 5 atom stereocenters. The predicted molar refractivity (Wildman–Crippen MR) is 99.3 cm³/mol. The van der Waals surface area contributed by atoms with E-state index in [1.165, 1.54) is 0 Å². The quantitative estimate of drug-likeness (QED) is 0.510. The van der Waals surface area contributed by atoms with Gasteiger partial charge in [0, 0.05) is 13.0 Å². The molecule has 1 N–H and O–H groups in total. The van der Waals surface area contributed by atoms with E-state index in [9.17, 15) is 5.11 Å². The Morgan fingerprint density at radius 2 is 1.92 bits per heavy atom. The summed E-state index contributed by atoms with van der Waals surface area (Å²) in [6.07, 6.45) is 4.91. The monoisotopic (exact) mass is 364 g/mol. The highest BCUT2D eigenvalue weighted by Gasteiger charge is 2.32. The number of aliphatic hydroxyl groups excluding tert-OH is 1. The number of hydrogen-bond donors (Lipinski definition) is 1. The van der Waals surface area contributed by atoms with E-state index in [0.717, 1.165) is 43.6 Å². The molecule has 0 bridgehead atoms. The van der Waals surface area contributed by atoms with Crippen LogP contribution in [0.1, 0.15) is 44.6 Å². The van der Waals surface area contributed by atoms with Crippen LogP contribution in [0.4, 0.5) is 0 Å². The number of epoxide rings is 1. The van der Waals surface area contributed by atoms with Gasteiger partial charge in [0.1, 0.15) is 5.75 Å². The summed E-state index contributed by atoms with van der Waals surface area (Å²) in [5.41, 5.74) is 1.15. The maximum atomic E-state index is 10.2. The fraction of sp³-hybridized carbons (Fsp3) is 0.714. The molecule has 2 aliphatic heterocycles. The van der Waals surface area contributed by atoms with Crippen LogP contribution in [0.2, 0.25) is 0 Å². The van der Waals surface area contributed by atoms with E-state index in [1.807, 2.05) is 24.3 Å².